The van der Waals surface area contributed by atoms with Gasteiger partial charge in [0.25, 0.3) is 0 Å². The number of amides is 1. The number of nitrogens with zero attached hydrogens (tertiary/aromatic N) is 1. The van der Waals surface area contributed by atoms with Gasteiger partial charge in [0.1, 0.15) is 0 Å². The Morgan fingerprint density at radius 1 is 1.47 bits per heavy atom. The topological polar surface area (TPSA) is 46.3 Å². The van der Waals surface area contributed by atoms with Crippen molar-refractivity contribution in [1.29, 1.82) is 0 Å². The molecule has 2 N–H and O–H groups in total. The molecule has 3 heteroatoms. The van der Waals surface area contributed by atoms with Gasteiger partial charge in [-0.15, -0.1) is 0 Å². The molecule has 1 aromatic rings. The maximum atomic E-state index is 12.0. The molecule has 1 amide bonds. The smallest absolute Gasteiger partial charge is 0.229 e. The zero-order valence-electron chi connectivity index (χ0n) is 10.6. The molecule has 0 saturated carbocycles. The lowest BCUT2D eigenvalue weighted by Crippen LogP contribution is -2.32. The van der Waals surface area contributed by atoms with Gasteiger partial charge in [-0.2, -0.15) is 0 Å². The summed E-state index contributed by atoms with van der Waals surface area (Å²) in [5.41, 5.74) is 9.19. The lowest BCUT2D eigenvalue weighted by atomic mass is 10.1. The summed E-state index contributed by atoms with van der Waals surface area (Å²) in [5, 5.41) is 0. The van der Waals surface area contributed by atoms with Gasteiger partial charge in [0.05, 0.1) is 0 Å². The number of hydrogen-bond acceptors (Lipinski definition) is 2. The third-order valence-corrected chi connectivity index (χ3v) is 3.23. The number of carbonyl (C=O) groups excluding carboxylic acids is 1. The third kappa shape index (κ3) is 2.34. The molecule has 1 aliphatic heterocycles. The summed E-state index contributed by atoms with van der Waals surface area (Å²) in [6.07, 6.45) is 1.87. The average Bonchev–Trinajstić information content (AvgIpc) is 2.71. The Kier molecular flexibility index (Phi) is 3.48. The third-order valence-electron chi connectivity index (χ3n) is 3.23. The van der Waals surface area contributed by atoms with Crippen molar-refractivity contribution in [1.82, 2.24) is 0 Å². The number of carbonyl (C=O) groups is 1. The van der Waals surface area contributed by atoms with Crippen LogP contribution in [0.1, 0.15) is 25.0 Å². The molecule has 92 valence electrons. The van der Waals surface area contributed by atoms with Gasteiger partial charge in [-0.3, -0.25) is 4.79 Å². The second kappa shape index (κ2) is 4.88. The van der Waals surface area contributed by atoms with Crippen LogP contribution < -0.4 is 10.6 Å². The molecule has 17 heavy (non-hydrogen) atoms. The van der Waals surface area contributed by atoms with Crippen LogP contribution >= 0.6 is 0 Å². The molecule has 0 saturated heterocycles. The maximum Gasteiger partial charge on any atom is 0.229 e. The number of rotatable bonds is 3. The number of benzene rings is 1. The molecular weight excluding hydrogens is 212 g/mol. The lowest BCUT2D eigenvalue weighted by Gasteiger charge is -2.19. The van der Waals surface area contributed by atoms with Gasteiger partial charge in [-0.25, -0.2) is 0 Å². The fourth-order valence-corrected chi connectivity index (χ4v) is 2.32. The Hall–Kier alpha value is -1.35. The van der Waals surface area contributed by atoms with Crippen LogP contribution in [0.4, 0.5) is 5.69 Å². The van der Waals surface area contributed by atoms with Gasteiger partial charge in [0.15, 0.2) is 0 Å². The highest BCUT2D eigenvalue weighted by atomic mass is 16.2. The Morgan fingerprint density at radius 3 is 2.88 bits per heavy atom. The van der Waals surface area contributed by atoms with E-state index in [-0.39, 0.29) is 11.8 Å². The molecule has 0 radical (unpaired) electrons. The molecule has 1 aliphatic rings. The van der Waals surface area contributed by atoms with Crippen LogP contribution in [0.3, 0.4) is 0 Å². The van der Waals surface area contributed by atoms with Gasteiger partial charge < -0.3 is 10.6 Å². The maximum absolute atomic E-state index is 12.0. The quantitative estimate of drug-likeness (QED) is 0.862. The molecule has 0 atom stereocenters. The molecular formula is C14H20N2O. The Morgan fingerprint density at radius 2 is 2.24 bits per heavy atom. The minimum Gasteiger partial charge on any atom is -0.330 e. The molecule has 0 bridgehead atoms. The highest BCUT2D eigenvalue weighted by molar-refractivity contribution is 5.96. The zero-order chi connectivity index (χ0) is 12.4. The minimum absolute atomic E-state index is 0.0599. The largest absolute Gasteiger partial charge is 0.330 e. The van der Waals surface area contributed by atoms with Crippen LogP contribution in [0.2, 0.25) is 0 Å². The van der Waals surface area contributed by atoms with E-state index in [1.54, 1.807) is 0 Å². The SMILES string of the molecule is CC(C)C(=O)N1CCc2cc(CCN)ccc21. The van der Waals surface area contributed by atoms with E-state index >= 15 is 0 Å². The first-order valence-corrected chi connectivity index (χ1v) is 6.26. The van der Waals surface area contributed by atoms with Crippen LogP contribution in [0.15, 0.2) is 18.2 Å². The van der Waals surface area contributed by atoms with E-state index in [9.17, 15) is 4.79 Å². The van der Waals surface area contributed by atoms with E-state index in [4.69, 9.17) is 5.73 Å². The van der Waals surface area contributed by atoms with Crippen LogP contribution in [0.25, 0.3) is 0 Å². The van der Waals surface area contributed by atoms with E-state index in [1.165, 1.54) is 11.1 Å². The normalized spacial score (nSPS) is 14.2. The summed E-state index contributed by atoms with van der Waals surface area (Å²) in [4.78, 5) is 13.9. The predicted octanol–water partition coefficient (Wildman–Crippen LogP) is 1.73. The average molecular weight is 232 g/mol. The summed E-state index contributed by atoms with van der Waals surface area (Å²) >= 11 is 0. The Balaban J connectivity index is 2.24. The first-order chi connectivity index (χ1) is 8.13. The van der Waals surface area contributed by atoms with Gasteiger partial charge in [-0.05, 0) is 36.6 Å². The monoisotopic (exact) mass is 232 g/mol. The summed E-state index contributed by atoms with van der Waals surface area (Å²) in [7, 11) is 0. The highest BCUT2D eigenvalue weighted by Gasteiger charge is 2.26. The molecule has 0 aliphatic carbocycles. The van der Waals surface area contributed by atoms with E-state index < -0.39 is 0 Å². The first-order valence-electron chi connectivity index (χ1n) is 6.26. The number of nitrogens with two attached hydrogens (primary N) is 1. The fraction of sp³-hybridized carbons (Fsp3) is 0.500. The first kappa shape index (κ1) is 12.1. The van der Waals surface area contributed by atoms with Crippen molar-refractivity contribution in [2.24, 2.45) is 11.7 Å². The second-order valence-corrected chi connectivity index (χ2v) is 4.90. The van der Waals surface area contributed by atoms with E-state index in [0.717, 1.165) is 25.1 Å². The van der Waals surface area contributed by atoms with Crippen LogP contribution in [0, 0.1) is 5.92 Å². The number of fused-ring (bicyclic) bond motifs is 1. The standard InChI is InChI=1S/C14H20N2O/c1-10(2)14(17)16-8-6-12-9-11(5-7-15)3-4-13(12)16/h3-4,9-10H,5-8,15H2,1-2H3. The van der Waals surface area contributed by atoms with Crippen molar-refractivity contribution in [3.63, 3.8) is 0 Å². The Bertz CT molecular complexity index is 426. The molecule has 1 aromatic carbocycles. The molecule has 0 aromatic heterocycles. The van der Waals surface area contributed by atoms with Crippen molar-refractivity contribution >= 4 is 11.6 Å². The molecule has 2 rings (SSSR count). The zero-order valence-corrected chi connectivity index (χ0v) is 10.6. The molecule has 0 unspecified atom stereocenters. The Labute approximate surface area is 103 Å². The highest BCUT2D eigenvalue weighted by Crippen LogP contribution is 2.30. The van der Waals surface area contributed by atoms with Crippen molar-refractivity contribution in [2.75, 3.05) is 18.0 Å². The number of hydrogen-bond donors (Lipinski definition) is 1. The second-order valence-electron chi connectivity index (χ2n) is 4.90. The van der Waals surface area contributed by atoms with E-state index in [0.29, 0.717) is 6.54 Å². The summed E-state index contributed by atoms with van der Waals surface area (Å²) < 4.78 is 0. The van der Waals surface area contributed by atoms with Crippen molar-refractivity contribution in [2.45, 2.75) is 26.7 Å². The van der Waals surface area contributed by atoms with Crippen LogP contribution in [-0.2, 0) is 17.6 Å². The van der Waals surface area contributed by atoms with Crippen molar-refractivity contribution in [3.8, 4) is 0 Å². The van der Waals surface area contributed by atoms with Crippen LogP contribution in [-0.4, -0.2) is 19.0 Å². The lowest BCUT2D eigenvalue weighted by molar-refractivity contribution is -0.121. The van der Waals surface area contributed by atoms with Crippen molar-refractivity contribution in [3.05, 3.63) is 29.3 Å². The summed E-state index contributed by atoms with van der Waals surface area (Å²) in [6, 6.07) is 6.33. The predicted molar refractivity (Wildman–Crippen MR) is 70.1 cm³/mol. The number of anilines is 1. The molecule has 1 heterocycles. The van der Waals surface area contributed by atoms with Gasteiger partial charge >= 0.3 is 0 Å². The summed E-state index contributed by atoms with van der Waals surface area (Å²) in [5.74, 6) is 0.278. The van der Waals surface area contributed by atoms with E-state index in [2.05, 4.69) is 18.2 Å². The van der Waals surface area contributed by atoms with E-state index in [1.807, 2.05) is 18.7 Å². The molecule has 0 spiro atoms. The van der Waals surface area contributed by atoms with Gasteiger partial charge in [-0.1, -0.05) is 26.0 Å². The minimum atomic E-state index is 0.0599. The van der Waals surface area contributed by atoms with Crippen LogP contribution in [0.5, 0.6) is 0 Å². The fourth-order valence-electron chi connectivity index (χ4n) is 2.32. The molecule has 3 nitrogen and oxygen atoms in total. The van der Waals surface area contributed by atoms with Gasteiger partial charge in [0, 0.05) is 18.2 Å². The van der Waals surface area contributed by atoms with Gasteiger partial charge in [0.2, 0.25) is 5.91 Å². The molecule has 0 fully saturated rings. The summed E-state index contributed by atoms with van der Waals surface area (Å²) in [6.45, 7) is 5.39. The van der Waals surface area contributed by atoms with Crippen molar-refractivity contribution < 1.29 is 4.79 Å².